The van der Waals surface area contributed by atoms with Crippen molar-refractivity contribution in [3.05, 3.63) is 74.8 Å². The predicted octanol–water partition coefficient (Wildman–Crippen LogP) is 4.11. The molecule has 0 aliphatic carbocycles. The lowest BCUT2D eigenvalue weighted by Gasteiger charge is -2.14. The van der Waals surface area contributed by atoms with Gasteiger partial charge in [0.1, 0.15) is 6.10 Å². The second kappa shape index (κ2) is 6.06. The van der Waals surface area contributed by atoms with E-state index in [2.05, 4.69) is 13.8 Å². The van der Waals surface area contributed by atoms with Crippen LogP contribution >= 0.6 is 0 Å². The van der Waals surface area contributed by atoms with Crippen molar-refractivity contribution < 1.29 is 10.0 Å². The predicted molar refractivity (Wildman–Crippen MR) is 82.4 cm³/mol. The Morgan fingerprint density at radius 3 is 2.00 bits per heavy atom. The van der Waals surface area contributed by atoms with E-state index in [0.29, 0.717) is 17.0 Å². The highest BCUT2D eigenvalue weighted by Crippen LogP contribution is 2.27. The molecule has 4 heteroatoms. The summed E-state index contributed by atoms with van der Waals surface area (Å²) in [5.41, 5.74) is 3.28. The number of nitrogens with zero attached hydrogens (tertiary/aromatic N) is 1. The van der Waals surface area contributed by atoms with Crippen LogP contribution in [0.4, 0.5) is 5.69 Å². The number of nitro groups is 1. The molecule has 0 fully saturated rings. The van der Waals surface area contributed by atoms with Gasteiger partial charge in [-0.05, 0) is 41.7 Å². The highest BCUT2D eigenvalue weighted by Gasteiger charge is 2.15. The number of aryl methyl sites for hydroxylation is 1. The number of hydrogen-bond donors (Lipinski definition) is 1. The fourth-order valence-electron chi connectivity index (χ4n) is 2.31. The smallest absolute Gasteiger partial charge is 0.272 e. The Morgan fingerprint density at radius 1 is 1.00 bits per heavy atom. The first kappa shape index (κ1) is 15.2. The second-order valence-electron chi connectivity index (χ2n) is 5.53. The van der Waals surface area contributed by atoms with Crippen LogP contribution in [0.5, 0.6) is 0 Å². The van der Waals surface area contributed by atoms with Crippen LogP contribution in [0.15, 0.2) is 42.5 Å². The average Bonchev–Trinajstić information content (AvgIpc) is 2.46. The molecule has 1 N–H and O–H groups in total. The molecule has 21 heavy (non-hydrogen) atoms. The van der Waals surface area contributed by atoms with Crippen LogP contribution in [-0.4, -0.2) is 10.0 Å². The van der Waals surface area contributed by atoms with Gasteiger partial charge in [0, 0.05) is 11.6 Å². The van der Waals surface area contributed by atoms with Gasteiger partial charge in [-0.2, -0.15) is 0 Å². The standard InChI is InChI=1S/C17H19NO3/c1-11(2)13-4-6-14(7-5-13)17(19)15-8-9-16(18(20)21)12(3)10-15/h4-11,17,19H,1-3H3/t17-/m0/s1. The average molecular weight is 285 g/mol. The van der Waals surface area contributed by atoms with Crippen molar-refractivity contribution in [1.82, 2.24) is 0 Å². The molecule has 0 spiro atoms. The van der Waals surface area contributed by atoms with Gasteiger partial charge in [-0.15, -0.1) is 0 Å². The molecule has 2 aromatic rings. The molecule has 0 bridgehead atoms. The number of aliphatic hydroxyl groups is 1. The fraction of sp³-hybridized carbons (Fsp3) is 0.294. The Bertz CT molecular complexity index is 648. The van der Waals surface area contributed by atoms with Crippen molar-refractivity contribution in [2.75, 3.05) is 0 Å². The van der Waals surface area contributed by atoms with E-state index in [0.717, 1.165) is 5.56 Å². The Labute approximate surface area is 124 Å². The lowest BCUT2D eigenvalue weighted by atomic mass is 9.96. The van der Waals surface area contributed by atoms with Crippen molar-refractivity contribution in [2.45, 2.75) is 32.8 Å². The molecule has 110 valence electrons. The molecule has 0 aliphatic rings. The minimum absolute atomic E-state index is 0.0705. The summed E-state index contributed by atoms with van der Waals surface area (Å²) in [4.78, 5) is 10.4. The molecule has 0 heterocycles. The van der Waals surface area contributed by atoms with Crippen LogP contribution in [0.25, 0.3) is 0 Å². The Balaban J connectivity index is 2.29. The van der Waals surface area contributed by atoms with Gasteiger partial charge >= 0.3 is 0 Å². The first-order valence-corrected chi connectivity index (χ1v) is 6.93. The summed E-state index contributed by atoms with van der Waals surface area (Å²) >= 11 is 0. The van der Waals surface area contributed by atoms with Crippen molar-refractivity contribution in [3.63, 3.8) is 0 Å². The summed E-state index contributed by atoms with van der Waals surface area (Å²) in [6.45, 7) is 5.91. The van der Waals surface area contributed by atoms with Gasteiger partial charge in [0.15, 0.2) is 0 Å². The van der Waals surface area contributed by atoms with E-state index in [9.17, 15) is 15.2 Å². The summed E-state index contributed by atoms with van der Waals surface area (Å²) in [7, 11) is 0. The molecule has 2 aromatic carbocycles. The zero-order valence-corrected chi connectivity index (χ0v) is 12.4. The zero-order chi connectivity index (χ0) is 15.6. The summed E-state index contributed by atoms with van der Waals surface area (Å²) < 4.78 is 0. The minimum atomic E-state index is -0.772. The maximum atomic E-state index is 10.8. The number of rotatable bonds is 4. The number of aliphatic hydroxyl groups excluding tert-OH is 1. The minimum Gasteiger partial charge on any atom is -0.384 e. The van der Waals surface area contributed by atoms with Crippen molar-refractivity contribution >= 4 is 5.69 Å². The van der Waals surface area contributed by atoms with Crippen LogP contribution in [0.2, 0.25) is 0 Å². The lowest BCUT2D eigenvalue weighted by Crippen LogP contribution is -2.02. The molecule has 0 radical (unpaired) electrons. The van der Waals surface area contributed by atoms with Gasteiger partial charge in [0.2, 0.25) is 0 Å². The maximum Gasteiger partial charge on any atom is 0.272 e. The van der Waals surface area contributed by atoms with E-state index in [1.54, 1.807) is 19.1 Å². The second-order valence-corrected chi connectivity index (χ2v) is 5.53. The normalized spacial score (nSPS) is 12.4. The van der Waals surface area contributed by atoms with Crippen molar-refractivity contribution in [3.8, 4) is 0 Å². The summed E-state index contributed by atoms with van der Waals surface area (Å²) in [5.74, 6) is 0.442. The lowest BCUT2D eigenvalue weighted by molar-refractivity contribution is -0.385. The Morgan fingerprint density at radius 2 is 1.52 bits per heavy atom. The van der Waals surface area contributed by atoms with Crippen LogP contribution in [0.3, 0.4) is 0 Å². The third-order valence-electron chi connectivity index (χ3n) is 3.65. The largest absolute Gasteiger partial charge is 0.384 e. The molecule has 4 nitrogen and oxygen atoms in total. The first-order chi connectivity index (χ1) is 9.90. The molecule has 0 saturated carbocycles. The fourth-order valence-corrected chi connectivity index (χ4v) is 2.31. The van der Waals surface area contributed by atoms with Crippen LogP contribution in [0, 0.1) is 17.0 Å². The van der Waals surface area contributed by atoms with E-state index < -0.39 is 11.0 Å². The monoisotopic (exact) mass is 285 g/mol. The first-order valence-electron chi connectivity index (χ1n) is 6.93. The van der Waals surface area contributed by atoms with E-state index in [4.69, 9.17) is 0 Å². The molecule has 0 saturated heterocycles. The van der Waals surface area contributed by atoms with Gasteiger partial charge in [-0.3, -0.25) is 10.1 Å². The number of hydrogen-bond acceptors (Lipinski definition) is 3. The van der Waals surface area contributed by atoms with E-state index in [1.807, 2.05) is 24.3 Å². The van der Waals surface area contributed by atoms with Crippen LogP contribution in [0.1, 0.15) is 48.1 Å². The van der Waals surface area contributed by atoms with Crippen LogP contribution in [-0.2, 0) is 0 Å². The van der Waals surface area contributed by atoms with Gasteiger partial charge in [-0.25, -0.2) is 0 Å². The van der Waals surface area contributed by atoms with Crippen molar-refractivity contribution in [2.24, 2.45) is 0 Å². The molecule has 2 rings (SSSR count). The van der Waals surface area contributed by atoms with E-state index in [-0.39, 0.29) is 5.69 Å². The molecular weight excluding hydrogens is 266 g/mol. The summed E-state index contributed by atoms with van der Waals surface area (Å²) in [6.07, 6.45) is -0.772. The van der Waals surface area contributed by atoms with Gasteiger partial charge in [-0.1, -0.05) is 38.1 Å². The quantitative estimate of drug-likeness (QED) is 0.679. The molecule has 1 atom stereocenters. The van der Waals surface area contributed by atoms with Gasteiger partial charge in [0.05, 0.1) is 4.92 Å². The number of benzene rings is 2. The van der Waals surface area contributed by atoms with Crippen molar-refractivity contribution in [1.29, 1.82) is 0 Å². The summed E-state index contributed by atoms with van der Waals surface area (Å²) in [6, 6.07) is 12.5. The molecule has 0 unspecified atom stereocenters. The third-order valence-corrected chi connectivity index (χ3v) is 3.65. The molecule has 0 amide bonds. The zero-order valence-electron chi connectivity index (χ0n) is 12.4. The van der Waals surface area contributed by atoms with Crippen LogP contribution < -0.4 is 0 Å². The highest BCUT2D eigenvalue weighted by atomic mass is 16.6. The maximum absolute atomic E-state index is 10.8. The van der Waals surface area contributed by atoms with E-state index >= 15 is 0 Å². The number of nitro benzene ring substituents is 1. The van der Waals surface area contributed by atoms with Gasteiger partial charge < -0.3 is 5.11 Å². The highest BCUT2D eigenvalue weighted by molar-refractivity contribution is 5.44. The van der Waals surface area contributed by atoms with Gasteiger partial charge in [0.25, 0.3) is 5.69 Å². The Hall–Kier alpha value is -2.20. The molecule has 0 aromatic heterocycles. The molecule has 0 aliphatic heterocycles. The SMILES string of the molecule is Cc1cc([C@@H](O)c2ccc(C(C)C)cc2)ccc1[N+](=O)[O-]. The third kappa shape index (κ3) is 3.28. The van der Waals surface area contributed by atoms with E-state index in [1.165, 1.54) is 11.6 Å². The molecular formula is C17H19NO3. The summed E-state index contributed by atoms with van der Waals surface area (Å²) in [5, 5.41) is 21.2. The topological polar surface area (TPSA) is 63.4 Å². The Kier molecular flexibility index (Phi) is 4.38.